The van der Waals surface area contributed by atoms with E-state index in [1.165, 1.54) is 0 Å². The standard InChI is InChI=1S/C24H22BrN3O3/c1-3-31-23-18(25)11-17(13-21(23)30-2)24(29)28-22(15-7-5-4-6-8-15)16-9-10-19-20(12-16)27-14-26-19/h4-14,22H,3H2,1-2H3,(H,26,27)(H,28,29). The van der Waals surface area contributed by atoms with Gasteiger partial charge in [-0.3, -0.25) is 4.79 Å². The third-order valence-electron chi connectivity index (χ3n) is 4.97. The van der Waals surface area contributed by atoms with Gasteiger partial charge in [0.1, 0.15) is 0 Å². The number of nitrogens with one attached hydrogen (secondary N) is 2. The van der Waals surface area contributed by atoms with Crippen molar-refractivity contribution in [1.82, 2.24) is 15.3 Å². The average Bonchev–Trinajstić information content (AvgIpc) is 3.27. The molecule has 1 amide bonds. The van der Waals surface area contributed by atoms with Crippen LogP contribution in [0.4, 0.5) is 0 Å². The number of carbonyl (C=O) groups excluding carboxylic acids is 1. The fourth-order valence-corrected chi connectivity index (χ4v) is 4.04. The second-order valence-corrected chi connectivity index (χ2v) is 7.77. The van der Waals surface area contributed by atoms with Gasteiger partial charge in [0, 0.05) is 5.56 Å². The highest BCUT2D eigenvalue weighted by molar-refractivity contribution is 9.10. The van der Waals surface area contributed by atoms with Crippen molar-refractivity contribution >= 4 is 32.9 Å². The Bertz CT molecular complexity index is 1210. The van der Waals surface area contributed by atoms with Gasteiger partial charge in [-0.05, 0) is 58.2 Å². The number of methoxy groups -OCH3 is 1. The molecule has 2 N–H and O–H groups in total. The Morgan fingerprint density at radius 2 is 1.94 bits per heavy atom. The Balaban J connectivity index is 1.70. The second-order valence-electron chi connectivity index (χ2n) is 6.92. The number of imidazole rings is 1. The molecule has 0 spiro atoms. The monoisotopic (exact) mass is 479 g/mol. The third kappa shape index (κ3) is 4.41. The third-order valence-corrected chi connectivity index (χ3v) is 5.56. The van der Waals surface area contributed by atoms with Crippen molar-refractivity contribution in [2.75, 3.05) is 13.7 Å². The fraction of sp³-hybridized carbons (Fsp3) is 0.167. The minimum atomic E-state index is -0.335. The van der Waals surface area contributed by atoms with Gasteiger partial charge in [-0.25, -0.2) is 4.98 Å². The Hall–Kier alpha value is -3.32. The van der Waals surface area contributed by atoms with Gasteiger partial charge in [0.05, 0.1) is 41.6 Å². The van der Waals surface area contributed by atoms with E-state index in [1.807, 2.05) is 55.5 Å². The van der Waals surface area contributed by atoms with Crippen LogP contribution < -0.4 is 14.8 Å². The van der Waals surface area contributed by atoms with Gasteiger partial charge < -0.3 is 19.8 Å². The van der Waals surface area contributed by atoms with Crippen LogP contribution >= 0.6 is 15.9 Å². The number of H-pyrrole nitrogens is 1. The molecule has 1 heterocycles. The molecule has 0 bridgehead atoms. The van der Waals surface area contributed by atoms with Gasteiger partial charge in [-0.15, -0.1) is 0 Å². The number of amides is 1. The lowest BCUT2D eigenvalue weighted by Crippen LogP contribution is -2.29. The molecule has 0 aliphatic rings. The zero-order valence-electron chi connectivity index (χ0n) is 17.2. The molecule has 4 rings (SSSR count). The summed E-state index contributed by atoms with van der Waals surface area (Å²) in [7, 11) is 1.55. The van der Waals surface area contributed by atoms with E-state index < -0.39 is 0 Å². The van der Waals surface area contributed by atoms with Gasteiger partial charge in [0.25, 0.3) is 5.91 Å². The van der Waals surface area contributed by atoms with Crippen molar-refractivity contribution < 1.29 is 14.3 Å². The lowest BCUT2D eigenvalue weighted by molar-refractivity contribution is 0.0942. The smallest absolute Gasteiger partial charge is 0.252 e. The van der Waals surface area contributed by atoms with E-state index in [0.717, 1.165) is 22.2 Å². The largest absolute Gasteiger partial charge is 0.493 e. The number of hydrogen-bond acceptors (Lipinski definition) is 4. The van der Waals surface area contributed by atoms with Crippen molar-refractivity contribution in [3.8, 4) is 11.5 Å². The van der Waals surface area contributed by atoms with Crippen LogP contribution in [0.15, 0.2) is 71.5 Å². The Labute approximate surface area is 188 Å². The van der Waals surface area contributed by atoms with E-state index in [0.29, 0.717) is 28.1 Å². The first-order valence-electron chi connectivity index (χ1n) is 9.90. The molecular weight excluding hydrogens is 458 g/mol. The molecule has 0 fully saturated rings. The van der Waals surface area contributed by atoms with Crippen molar-refractivity contribution in [3.05, 3.63) is 88.2 Å². The first kappa shape index (κ1) is 20.9. The van der Waals surface area contributed by atoms with Crippen LogP contribution in [-0.2, 0) is 0 Å². The number of nitrogens with zero attached hydrogens (tertiary/aromatic N) is 1. The summed E-state index contributed by atoms with van der Waals surface area (Å²) in [5, 5.41) is 3.16. The van der Waals surface area contributed by atoms with E-state index in [9.17, 15) is 4.79 Å². The van der Waals surface area contributed by atoms with Crippen molar-refractivity contribution in [3.63, 3.8) is 0 Å². The van der Waals surface area contributed by atoms with Gasteiger partial charge >= 0.3 is 0 Å². The van der Waals surface area contributed by atoms with Crippen LogP contribution in [0, 0.1) is 0 Å². The summed E-state index contributed by atoms with van der Waals surface area (Å²) >= 11 is 3.49. The minimum absolute atomic E-state index is 0.222. The molecule has 6 nitrogen and oxygen atoms in total. The van der Waals surface area contributed by atoms with Gasteiger partial charge in [0.2, 0.25) is 0 Å². The zero-order chi connectivity index (χ0) is 21.8. The molecule has 31 heavy (non-hydrogen) atoms. The number of fused-ring (bicyclic) bond motifs is 1. The minimum Gasteiger partial charge on any atom is -0.493 e. The topological polar surface area (TPSA) is 76.2 Å². The highest BCUT2D eigenvalue weighted by Crippen LogP contribution is 2.37. The highest BCUT2D eigenvalue weighted by atomic mass is 79.9. The molecular formula is C24H22BrN3O3. The van der Waals surface area contributed by atoms with E-state index in [2.05, 4.69) is 31.2 Å². The number of aromatic nitrogens is 2. The Morgan fingerprint density at radius 3 is 2.68 bits per heavy atom. The predicted octanol–water partition coefficient (Wildman–Crippen LogP) is 5.25. The molecule has 0 saturated heterocycles. The van der Waals surface area contributed by atoms with Gasteiger partial charge in [-0.1, -0.05) is 36.4 Å². The molecule has 3 aromatic carbocycles. The lowest BCUT2D eigenvalue weighted by atomic mass is 9.97. The molecule has 0 aliphatic carbocycles. The first-order chi connectivity index (χ1) is 15.1. The number of hydrogen-bond donors (Lipinski definition) is 2. The number of ether oxygens (including phenoxy) is 2. The summed E-state index contributed by atoms with van der Waals surface area (Å²) < 4.78 is 11.7. The maximum absolute atomic E-state index is 13.3. The maximum Gasteiger partial charge on any atom is 0.252 e. The van der Waals surface area contributed by atoms with Crippen molar-refractivity contribution in [2.24, 2.45) is 0 Å². The molecule has 0 saturated carbocycles. The van der Waals surface area contributed by atoms with Crippen LogP contribution in [0.1, 0.15) is 34.5 Å². The summed E-state index contributed by atoms with van der Waals surface area (Å²) in [5.74, 6) is 0.850. The Morgan fingerprint density at radius 1 is 1.13 bits per heavy atom. The summed E-state index contributed by atoms with van der Waals surface area (Å²) in [6.45, 7) is 2.39. The van der Waals surface area contributed by atoms with Crippen LogP contribution in [0.3, 0.4) is 0 Å². The summed E-state index contributed by atoms with van der Waals surface area (Å²) in [6.07, 6.45) is 1.66. The fourth-order valence-electron chi connectivity index (χ4n) is 3.49. The van der Waals surface area contributed by atoms with E-state index >= 15 is 0 Å². The number of aromatic amines is 1. The first-order valence-corrected chi connectivity index (χ1v) is 10.7. The summed E-state index contributed by atoms with van der Waals surface area (Å²) in [5.41, 5.74) is 4.19. The predicted molar refractivity (Wildman–Crippen MR) is 124 cm³/mol. The molecule has 1 aromatic heterocycles. The van der Waals surface area contributed by atoms with Gasteiger partial charge in [0.15, 0.2) is 11.5 Å². The van der Waals surface area contributed by atoms with Crippen LogP contribution in [0.25, 0.3) is 11.0 Å². The van der Waals surface area contributed by atoms with Crippen LogP contribution in [-0.4, -0.2) is 29.6 Å². The molecule has 158 valence electrons. The van der Waals surface area contributed by atoms with Crippen LogP contribution in [0.2, 0.25) is 0 Å². The quantitative estimate of drug-likeness (QED) is 0.379. The van der Waals surface area contributed by atoms with E-state index in [1.54, 1.807) is 25.6 Å². The van der Waals surface area contributed by atoms with E-state index in [-0.39, 0.29) is 11.9 Å². The summed E-state index contributed by atoms with van der Waals surface area (Å²) in [4.78, 5) is 20.7. The molecule has 1 atom stereocenters. The van der Waals surface area contributed by atoms with E-state index in [4.69, 9.17) is 9.47 Å². The second kappa shape index (κ2) is 9.22. The molecule has 1 unspecified atom stereocenters. The molecule has 0 radical (unpaired) electrons. The average molecular weight is 480 g/mol. The van der Waals surface area contributed by atoms with Crippen LogP contribution in [0.5, 0.6) is 11.5 Å². The maximum atomic E-state index is 13.3. The number of halogens is 1. The molecule has 4 aromatic rings. The normalized spacial score (nSPS) is 11.8. The molecule has 7 heteroatoms. The SMILES string of the molecule is CCOc1c(Br)cc(C(=O)NC(c2ccccc2)c2ccc3nc[nH]c3c2)cc1OC. The molecule has 0 aliphatic heterocycles. The highest BCUT2D eigenvalue weighted by Gasteiger charge is 2.21. The lowest BCUT2D eigenvalue weighted by Gasteiger charge is -2.21. The number of carbonyl (C=O) groups is 1. The number of rotatable bonds is 7. The summed E-state index contributed by atoms with van der Waals surface area (Å²) in [6, 6.07) is 18.9. The van der Waals surface area contributed by atoms with Crippen molar-refractivity contribution in [2.45, 2.75) is 13.0 Å². The van der Waals surface area contributed by atoms with Gasteiger partial charge in [-0.2, -0.15) is 0 Å². The Kier molecular flexibility index (Phi) is 6.23. The number of benzene rings is 3. The van der Waals surface area contributed by atoms with Crippen molar-refractivity contribution in [1.29, 1.82) is 0 Å². The zero-order valence-corrected chi connectivity index (χ0v) is 18.8.